The maximum absolute atomic E-state index is 13.1. The van der Waals surface area contributed by atoms with Gasteiger partial charge in [-0.25, -0.2) is 9.18 Å². The van der Waals surface area contributed by atoms with E-state index in [9.17, 15) is 9.18 Å². The Hall–Kier alpha value is -3.19. The van der Waals surface area contributed by atoms with Crippen molar-refractivity contribution in [1.29, 1.82) is 0 Å². The fourth-order valence-corrected chi connectivity index (χ4v) is 3.24. The van der Waals surface area contributed by atoms with Gasteiger partial charge in [0, 0.05) is 17.7 Å². The molecular formula is C23H22FNO5. The molecule has 1 atom stereocenters. The molecule has 0 amide bonds. The Bertz CT molecular complexity index is 991. The number of nitrogens with zero attached hydrogens (tertiary/aromatic N) is 1. The molecule has 4 rings (SSSR count). The molecule has 2 aromatic carbocycles. The number of hydrogen-bond donors (Lipinski definition) is 0. The molecule has 30 heavy (non-hydrogen) atoms. The van der Waals surface area contributed by atoms with Gasteiger partial charge in [0.25, 0.3) is 0 Å². The molecule has 0 unspecified atom stereocenters. The van der Waals surface area contributed by atoms with Gasteiger partial charge < -0.3 is 18.7 Å². The van der Waals surface area contributed by atoms with Crippen LogP contribution in [0.3, 0.4) is 0 Å². The maximum atomic E-state index is 13.1. The molecule has 1 fully saturated rings. The van der Waals surface area contributed by atoms with Crippen molar-refractivity contribution in [2.45, 2.75) is 32.5 Å². The van der Waals surface area contributed by atoms with E-state index in [0.29, 0.717) is 34.9 Å². The standard InChI is InChI=1S/C23H22FNO5/c1-15-21(25-30-22(15)16-4-8-18(24)9-5-16)14-29-23(26)17-6-10-19(11-7-17)28-13-20-3-2-12-27-20/h4-11,20H,2-3,12-14H2,1H3/t20-/m1/s1. The normalized spacial score (nSPS) is 15.9. The van der Waals surface area contributed by atoms with Crippen LogP contribution in [0.25, 0.3) is 11.3 Å². The van der Waals surface area contributed by atoms with Crippen LogP contribution < -0.4 is 4.74 Å². The van der Waals surface area contributed by atoms with E-state index in [2.05, 4.69) is 5.16 Å². The minimum atomic E-state index is -0.466. The van der Waals surface area contributed by atoms with E-state index >= 15 is 0 Å². The van der Waals surface area contributed by atoms with Crippen LogP contribution in [0.15, 0.2) is 53.1 Å². The van der Waals surface area contributed by atoms with Crippen molar-refractivity contribution in [2.24, 2.45) is 0 Å². The first-order chi connectivity index (χ1) is 14.6. The van der Waals surface area contributed by atoms with Gasteiger partial charge in [0.05, 0.1) is 11.7 Å². The Labute approximate surface area is 173 Å². The van der Waals surface area contributed by atoms with E-state index in [1.165, 1.54) is 12.1 Å². The number of rotatable bonds is 7. The predicted octanol–water partition coefficient (Wildman–Crippen LogP) is 4.70. The number of ether oxygens (including phenoxy) is 3. The molecule has 0 saturated carbocycles. The topological polar surface area (TPSA) is 70.8 Å². The smallest absolute Gasteiger partial charge is 0.338 e. The van der Waals surface area contributed by atoms with Crippen molar-refractivity contribution in [3.8, 4) is 17.1 Å². The highest BCUT2D eigenvalue weighted by atomic mass is 19.1. The highest BCUT2D eigenvalue weighted by Crippen LogP contribution is 2.26. The summed E-state index contributed by atoms with van der Waals surface area (Å²) in [7, 11) is 0. The van der Waals surface area contributed by atoms with Crippen LogP contribution in [0.5, 0.6) is 5.75 Å². The van der Waals surface area contributed by atoms with Gasteiger partial charge >= 0.3 is 5.97 Å². The summed E-state index contributed by atoms with van der Waals surface area (Å²) in [6.07, 6.45) is 2.21. The van der Waals surface area contributed by atoms with Crippen molar-refractivity contribution in [3.63, 3.8) is 0 Å². The molecule has 1 aliphatic rings. The first kappa shape index (κ1) is 20.1. The number of aromatic nitrogens is 1. The Kier molecular flexibility index (Phi) is 6.09. The second-order valence-corrected chi connectivity index (χ2v) is 7.14. The Morgan fingerprint density at radius 3 is 2.63 bits per heavy atom. The molecule has 0 bridgehead atoms. The summed E-state index contributed by atoms with van der Waals surface area (Å²) < 4.78 is 35.0. The molecule has 1 saturated heterocycles. The second kappa shape index (κ2) is 9.09. The number of hydrogen-bond acceptors (Lipinski definition) is 6. The zero-order valence-electron chi connectivity index (χ0n) is 16.6. The molecule has 6 nitrogen and oxygen atoms in total. The third kappa shape index (κ3) is 4.68. The zero-order valence-corrected chi connectivity index (χ0v) is 16.6. The number of benzene rings is 2. The minimum absolute atomic E-state index is 0.0212. The Balaban J connectivity index is 1.32. The van der Waals surface area contributed by atoms with Crippen LogP contribution >= 0.6 is 0 Å². The molecule has 0 radical (unpaired) electrons. The van der Waals surface area contributed by atoms with Crippen LogP contribution in [-0.2, 0) is 16.1 Å². The molecule has 3 aromatic rings. The number of halogens is 1. The van der Waals surface area contributed by atoms with Crippen molar-refractivity contribution in [2.75, 3.05) is 13.2 Å². The van der Waals surface area contributed by atoms with Crippen molar-refractivity contribution >= 4 is 5.97 Å². The summed E-state index contributed by atoms with van der Waals surface area (Å²) >= 11 is 0. The van der Waals surface area contributed by atoms with Gasteiger partial charge in [-0.05, 0) is 68.3 Å². The van der Waals surface area contributed by atoms with Crippen molar-refractivity contribution < 1.29 is 27.9 Å². The monoisotopic (exact) mass is 411 g/mol. The third-order valence-corrected chi connectivity index (χ3v) is 5.02. The van der Waals surface area contributed by atoms with Crippen LogP contribution in [0.1, 0.15) is 34.5 Å². The Morgan fingerprint density at radius 1 is 1.17 bits per heavy atom. The van der Waals surface area contributed by atoms with E-state index in [0.717, 1.165) is 25.0 Å². The van der Waals surface area contributed by atoms with Crippen LogP contribution in [0.2, 0.25) is 0 Å². The molecule has 156 valence electrons. The molecule has 0 aliphatic carbocycles. The van der Waals surface area contributed by atoms with Gasteiger partial charge in [0.1, 0.15) is 30.5 Å². The summed E-state index contributed by atoms with van der Waals surface area (Å²) in [5, 5.41) is 3.98. The first-order valence-corrected chi connectivity index (χ1v) is 9.83. The number of carbonyl (C=O) groups is 1. The molecular weight excluding hydrogens is 389 g/mol. The quantitative estimate of drug-likeness (QED) is 0.525. The Morgan fingerprint density at radius 2 is 1.93 bits per heavy atom. The lowest BCUT2D eigenvalue weighted by atomic mass is 10.1. The van der Waals surface area contributed by atoms with Gasteiger partial charge in [0.2, 0.25) is 0 Å². The van der Waals surface area contributed by atoms with Gasteiger partial charge in [-0.1, -0.05) is 5.16 Å². The molecule has 0 spiro atoms. The average Bonchev–Trinajstić information content (AvgIpc) is 3.41. The van der Waals surface area contributed by atoms with Gasteiger partial charge in [-0.3, -0.25) is 0 Å². The first-order valence-electron chi connectivity index (χ1n) is 9.83. The number of esters is 1. The number of carbonyl (C=O) groups excluding carboxylic acids is 1. The second-order valence-electron chi connectivity index (χ2n) is 7.14. The summed E-state index contributed by atoms with van der Waals surface area (Å²) in [5.74, 6) is 0.409. The van der Waals surface area contributed by atoms with Gasteiger partial charge in [-0.15, -0.1) is 0 Å². The largest absolute Gasteiger partial charge is 0.491 e. The maximum Gasteiger partial charge on any atom is 0.338 e. The van der Waals surface area contributed by atoms with Crippen LogP contribution in [0, 0.1) is 12.7 Å². The molecule has 7 heteroatoms. The molecule has 2 heterocycles. The molecule has 1 aliphatic heterocycles. The van der Waals surface area contributed by atoms with Gasteiger partial charge in [-0.2, -0.15) is 0 Å². The van der Waals surface area contributed by atoms with E-state index in [4.69, 9.17) is 18.7 Å². The lowest BCUT2D eigenvalue weighted by Gasteiger charge is -2.11. The molecule has 0 N–H and O–H groups in total. The fraction of sp³-hybridized carbons (Fsp3) is 0.304. The van der Waals surface area contributed by atoms with E-state index in [1.807, 2.05) is 6.92 Å². The van der Waals surface area contributed by atoms with E-state index in [1.54, 1.807) is 36.4 Å². The van der Waals surface area contributed by atoms with Crippen molar-refractivity contribution in [3.05, 3.63) is 71.2 Å². The highest BCUT2D eigenvalue weighted by molar-refractivity contribution is 5.89. The fourth-order valence-electron chi connectivity index (χ4n) is 3.24. The summed E-state index contributed by atoms with van der Waals surface area (Å²) in [5.41, 5.74) is 2.38. The third-order valence-electron chi connectivity index (χ3n) is 5.02. The lowest BCUT2D eigenvalue weighted by molar-refractivity contribution is 0.0463. The molecule has 1 aromatic heterocycles. The highest BCUT2D eigenvalue weighted by Gasteiger charge is 2.17. The van der Waals surface area contributed by atoms with Crippen LogP contribution in [0.4, 0.5) is 4.39 Å². The van der Waals surface area contributed by atoms with Crippen LogP contribution in [-0.4, -0.2) is 30.4 Å². The van der Waals surface area contributed by atoms with E-state index < -0.39 is 5.97 Å². The van der Waals surface area contributed by atoms with Gasteiger partial charge in [0.15, 0.2) is 5.76 Å². The predicted molar refractivity (Wildman–Crippen MR) is 107 cm³/mol. The summed E-state index contributed by atoms with van der Waals surface area (Å²) in [6.45, 7) is 3.09. The summed E-state index contributed by atoms with van der Waals surface area (Å²) in [4.78, 5) is 12.3. The average molecular weight is 411 g/mol. The minimum Gasteiger partial charge on any atom is -0.491 e. The SMILES string of the molecule is Cc1c(COC(=O)c2ccc(OC[C@H]3CCCO3)cc2)noc1-c1ccc(F)cc1. The lowest BCUT2D eigenvalue weighted by Crippen LogP contribution is -2.16. The van der Waals surface area contributed by atoms with Crippen molar-refractivity contribution in [1.82, 2.24) is 5.16 Å². The van der Waals surface area contributed by atoms with E-state index in [-0.39, 0.29) is 18.5 Å². The summed E-state index contributed by atoms with van der Waals surface area (Å²) in [6, 6.07) is 12.7. The zero-order chi connectivity index (χ0) is 20.9.